The van der Waals surface area contributed by atoms with Crippen molar-refractivity contribution in [3.8, 4) is 0 Å². The first-order valence-corrected chi connectivity index (χ1v) is 8.77. The molecule has 2 aromatic carbocycles. The van der Waals surface area contributed by atoms with Gasteiger partial charge in [0.15, 0.2) is 0 Å². The summed E-state index contributed by atoms with van der Waals surface area (Å²) in [7, 11) is -3.72. The Morgan fingerprint density at radius 1 is 1.29 bits per heavy atom. The molecule has 0 fully saturated rings. The Morgan fingerprint density at radius 3 is 2.62 bits per heavy atom. The van der Waals surface area contributed by atoms with Gasteiger partial charge in [-0.3, -0.25) is 4.72 Å². The maximum atomic E-state index is 12.5. The molecule has 2 rings (SSSR count). The van der Waals surface area contributed by atoms with Gasteiger partial charge in [0.2, 0.25) is 0 Å². The van der Waals surface area contributed by atoms with Gasteiger partial charge in [-0.25, -0.2) is 8.42 Å². The van der Waals surface area contributed by atoms with Crippen LogP contribution in [0.5, 0.6) is 0 Å². The number of nitrogens with one attached hydrogen (secondary N) is 1. The standard InChI is InChI=1S/C14H14BrClN2O2S/c1-9-10(8-17)3-2-4-14(9)21(19,20)18-13-6-5-11(15)7-12(13)16/h2-7,18H,8,17H2,1H3. The van der Waals surface area contributed by atoms with Crippen molar-refractivity contribution in [3.63, 3.8) is 0 Å². The van der Waals surface area contributed by atoms with Gasteiger partial charge in [0.05, 0.1) is 15.6 Å². The van der Waals surface area contributed by atoms with Gasteiger partial charge in [-0.15, -0.1) is 0 Å². The Kier molecular flexibility index (Phi) is 4.93. The highest BCUT2D eigenvalue weighted by Crippen LogP contribution is 2.28. The molecule has 0 aliphatic heterocycles. The van der Waals surface area contributed by atoms with Gasteiger partial charge in [0.1, 0.15) is 0 Å². The fraction of sp³-hybridized carbons (Fsp3) is 0.143. The minimum Gasteiger partial charge on any atom is -0.326 e. The lowest BCUT2D eigenvalue weighted by molar-refractivity contribution is 0.600. The summed E-state index contributed by atoms with van der Waals surface area (Å²) in [6.45, 7) is 2.02. The fourth-order valence-corrected chi connectivity index (χ4v) is 4.09. The highest BCUT2D eigenvalue weighted by atomic mass is 79.9. The van der Waals surface area contributed by atoms with Gasteiger partial charge in [-0.2, -0.15) is 0 Å². The van der Waals surface area contributed by atoms with Crippen molar-refractivity contribution in [3.05, 3.63) is 57.0 Å². The zero-order valence-electron chi connectivity index (χ0n) is 11.2. The molecule has 0 aromatic heterocycles. The van der Waals surface area contributed by atoms with Crippen molar-refractivity contribution >= 4 is 43.2 Å². The predicted molar refractivity (Wildman–Crippen MR) is 89.0 cm³/mol. The molecule has 4 nitrogen and oxygen atoms in total. The van der Waals surface area contributed by atoms with E-state index in [4.69, 9.17) is 17.3 Å². The molecule has 0 atom stereocenters. The molecule has 21 heavy (non-hydrogen) atoms. The largest absolute Gasteiger partial charge is 0.326 e. The summed E-state index contributed by atoms with van der Waals surface area (Å²) < 4.78 is 28.3. The summed E-state index contributed by atoms with van der Waals surface area (Å²) in [5.74, 6) is 0. The fourth-order valence-electron chi connectivity index (χ4n) is 1.94. The number of anilines is 1. The second-order valence-corrected chi connectivity index (χ2v) is 7.45. The molecule has 0 spiro atoms. The van der Waals surface area contributed by atoms with Crippen LogP contribution in [-0.2, 0) is 16.6 Å². The third-order valence-electron chi connectivity index (χ3n) is 3.08. The molecular weight excluding hydrogens is 376 g/mol. The summed E-state index contributed by atoms with van der Waals surface area (Å²) in [6, 6.07) is 9.97. The van der Waals surface area contributed by atoms with Crippen LogP contribution in [0.15, 0.2) is 45.8 Å². The van der Waals surface area contributed by atoms with Crippen LogP contribution in [0.3, 0.4) is 0 Å². The van der Waals surface area contributed by atoms with E-state index in [1.165, 1.54) is 0 Å². The highest BCUT2D eigenvalue weighted by molar-refractivity contribution is 9.10. The van der Waals surface area contributed by atoms with Crippen molar-refractivity contribution in [2.45, 2.75) is 18.4 Å². The third-order valence-corrected chi connectivity index (χ3v) is 5.40. The van der Waals surface area contributed by atoms with E-state index < -0.39 is 10.0 Å². The van der Waals surface area contributed by atoms with Crippen molar-refractivity contribution < 1.29 is 8.42 Å². The van der Waals surface area contributed by atoms with E-state index in [-0.39, 0.29) is 11.4 Å². The second kappa shape index (κ2) is 6.36. The minimum atomic E-state index is -3.72. The van der Waals surface area contributed by atoms with Crippen LogP contribution in [0.25, 0.3) is 0 Å². The normalized spacial score (nSPS) is 11.4. The quantitative estimate of drug-likeness (QED) is 0.838. The van der Waals surface area contributed by atoms with Crippen LogP contribution >= 0.6 is 27.5 Å². The van der Waals surface area contributed by atoms with E-state index in [0.717, 1.165) is 10.0 Å². The Balaban J connectivity index is 2.43. The minimum absolute atomic E-state index is 0.199. The first kappa shape index (κ1) is 16.3. The summed E-state index contributed by atoms with van der Waals surface area (Å²) in [4.78, 5) is 0.199. The van der Waals surface area contributed by atoms with E-state index in [1.54, 1.807) is 43.3 Å². The van der Waals surface area contributed by atoms with E-state index in [2.05, 4.69) is 20.7 Å². The summed E-state index contributed by atoms with van der Waals surface area (Å²) in [6.07, 6.45) is 0. The van der Waals surface area contributed by atoms with Crippen molar-refractivity contribution in [1.82, 2.24) is 0 Å². The summed E-state index contributed by atoms with van der Waals surface area (Å²) in [5, 5.41) is 0.320. The van der Waals surface area contributed by atoms with Crippen molar-refractivity contribution in [2.75, 3.05) is 4.72 Å². The smallest absolute Gasteiger partial charge is 0.262 e. The number of hydrogen-bond donors (Lipinski definition) is 2. The SMILES string of the molecule is Cc1c(CN)cccc1S(=O)(=O)Nc1ccc(Br)cc1Cl. The molecule has 7 heteroatoms. The molecular formula is C14H14BrClN2O2S. The molecule has 0 aliphatic rings. The Labute approximate surface area is 137 Å². The number of halogens is 2. The molecule has 2 aromatic rings. The van der Waals surface area contributed by atoms with E-state index in [9.17, 15) is 8.42 Å². The van der Waals surface area contributed by atoms with Gasteiger partial charge in [-0.05, 0) is 42.3 Å². The van der Waals surface area contributed by atoms with Crippen molar-refractivity contribution in [1.29, 1.82) is 0 Å². The molecule has 0 amide bonds. The Hall–Kier alpha value is -1.08. The predicted octanol–water partition coefficient (Wildman–Crippen LogP) is 3.67. The monoisotopic (exact) mass is 388 g/mol. The summed E-state index contributed by atoms with van der Waals surface area (Å²) >= 11 is 9.32. The average molecular weight is 390 g/mol. The van der Waals surface area contributed by atoms with Gasteiger partial charge in [0, 0.05) is 11.0 Å². The maximum absolute atomic E-state index is 12.5. The molecule has 0 radical (unpaired) electrons. The lowest BCUT2D eigenvalue weighted by atomic mass is 10.1. The van der Waals surface area contributed by atoms with Gasteiger partial charge < -0.3 is 5.73 Å². The molecule has 0 heterocycles. The highest BCUT2D eigenvalue weighted by Gasteiger charge is 2.19. The number of sulfonamides is 1. The third kappa shape index (κ3) is 3.58. The Morgan fingerprint density at radius 2 is 2.00 bits per heavy atom. The number of benzene rings is 2. The van der Waals surface area contributed by atoms with Crippen LogP contribution in [0.4, 0.5) is 5.69 Å². The van der Waals surface area contributed by atoms with Crippen molar-refractivity contribution in [2.24, 2.45) is 5.73 Å². The molecule has 0 unspecified atom stereocenters. The molecule has 3 N–H and O–H groups in total. The molecule has 0 bridgehead atoms. The van der Waals surface area contributed by atoms with Gasteiger partial charge in [-0.1, -0.05) is 39.7 Å². The second-order valence-electron chi connectivity index (χ2n) is 4.47. The average Bonchev–Trinajstić information content (AvgIpc) is 2.42. The lowest BCUT2D eigenvalue weighted by Gasteiger charge is -2.13. The molecule has 0 saturated carbocycles. The maximum Gasteiger partial charge on any atom is 0.262 e. The Bertz CT molecular complexity index is 779. The van der Waals surface area contributed by atoms with Crippen LogP contribution in [-0.4, -0.2) is 8.42 Å². The van der Waals surface area contributed by atoms with E-state index >= 15 is 0 Å². The number of rotatable bonds is 4. The first-order valence-electron chi connectivity index (χ1n) is 6.11. The van der Waals surface area contributed by atoms with Crippen LogP contribution in [0, 0.1) is 6.92 Å². The lowest BCUT2D eigenvalue weighted by Crippen LogP contribution is -2.15. The summed E-state index contributed by atoms with van der Waals surface area (Å²) in [5.41, 5.74) is 7.38. The number of nitrogens with two attached hydrogens (primary N) is 1. The molecule has 0 saturated heterocycles. The number of hydrogen-bond acceptors (Lipinski definition) is 3. The molecule has 0 aliphatic carbocycles. The van der Waals surface area contributed by atoms with Gasteiger partial charge in [0.25, 0.3) is 10.0 Å². The molecule has 112 valence electrons. The zero-order chi connectivity index (χ0) is 15.6. The zero-order valence-corrected chi connectivity index (χ0v) is 14.4. The van der Waals surface area contributed by atoms with E-state index in [1.807, 2.05) is 0 Å². The van der Waals surface area contributed by atoms with Crippen LogP contribution in [0.2, 0.25) is 5.02 Å². The topological polar surface area (TPSA) is 72.2 Å². The van der Waals surface area contributed by atoms with Gasteiger partial charge >= 0.3 is 0 Å². The van der Waals surface area contributed by atoms with Crippen LogP contribution in [0.1, 0.15) is 11.1 Å². The van der Waals surface area contributed by atoms with Crippen LogP contribution < -0.4 is 10.5 Å². The first-order chi connectivity index (χ1) is 9.85. The van der Waals surface area contributed by atoms with E-state index in [0.29, 0.717) is 16.3 Å².